The lowest BCUT2D eigenvalue weighted by molar-refractivity contribution is -0.182. The highest BCUT2D eigenvalue weighted by molar-refractivity contribution is 5.83. The number of esters is 10. The number of carbonyl (C=O) groups is 10. The predicted octanol–water partition coefficient (Wildman–Crippen LogP) is 22.4. The minimum absolute atomic E-state index is 0.248. The molecular formula is C92H168O20. The first-order valence-electron chi connectivity index (χ1n) is 44.5. The van der Waals surface area contributed by atoms with E-state index >= 15 is 0 Å². The van der Waals surface area contributed by atoms with Crippen molar-refractivity contribution >= 4 is 59.7 Å². The van der Waals surface area contributed by atoms with E-state index in [2.05, 4.69) is 6.92 Å². The van der Waals surface area contributed by atoms with Crippen LogP contribution in [0, 0.1) is 62.6 Å². The van der Waals surface area contributed by atoms with Gasteiger partial charge in [-0.3, -0.25) is 24.0 Å². The molecule has 0 radical (unpaired) electrons. The monoisotopic (exact) mass is 1590 g/mol. The molecule has 0 aromatic carbocycles. The zero-order valence-electron chi connectivity index (χ0n) is 77.1. The summed E-state index contributed by atoms with van der Waals surface area (Å²) >= 11 is 0. The van der Waals surface area contributed by atoms with Crippen LogP contribution in [0.3, 0.4) is 0 Å². The molecule has 7 atom stereocenters. The van der Waals surface area contributed by atoms with Gasteiger partial charge in [-0.2, -0.15) is 0 Å². The van der Waals surface area contributed by atoms with Crippen molar-refractivity contribution in [1.29, 1.82) is 0 Å². The molecule has 8 saturated carbocycles. The first kappa shape index (κ1) is 109. The Hall–Kier alpha value is -5.30. The Balaban J connectivity index is 0. The molecular weight excluding hydrogens is 1420 g/mol. The molecule has 112 heavy (non-hydrogen) atoms. The van der Waals surface area contributed by atoms with E-state index in [-0.39, 0.29) is 96.9 Å². The third kappa shape index (κ3) is 34.5. The van der Waals surface area contributed by atoms with Crippen LogP contribution in [-0.2, 0) is 95.3 Å². The van der Waals surface area contributed by atoms with E-state index in [0.717, 1.165) is 158 Å². The molecule has 0 N–H and O–H groups in total. The number of ether oxygens (including phenoxy) is 10. The molecule has 8 fully saturated rings. The van der Waals surface area contributed by atoms with Crippen molar-refractivity contribution in [3.63, 3.8) is 0 Å². The van der Waals surface area contributed by atoms with Crippen LogP contribution in [0.5, 0.6) is 0 Å². The lowest BCUT2D eigenvalue weighted by Gasteiger charge is -2.45. The van der Waals surface area contributed by atoms with Gasteiger partial charge in [-0.25, -0.2) is 24.0 Å². The van der Waals surface area contributed by atoms with Gasteiger partial charge in [-0.05, 0) is 299 Å². The highest BCUT2D eigenvalue weighted by Crippen LogP contribution is 2.71. The summed E-state index contributed by atoms with van der Waals surface area (Å²) in [5.74, 6) is 0.983. The van der Waals surface area contributed by atoms with Crippen molar-refractivity contribution in [3.8, 4) is 0 Å². The van der Waals surface area contributed by atoms with Crippen LogP contribution in [0.1, 0.15) is 407 Å². The molecule has 656 valence electrons. The van der Waals surface area contributed by atoms with Gasteiger partial charge in [0.1, 0.15) is 28.0 Å². The molecule has 8 aliphatic rings. The fraction of sp³-hybridized carbons (Fsp3) is 0.891. The van der Waals surface area contributed by atoms with Crippen molar-refractivity contribution in [2.45, 2.75) is 435 Å². The van der Waals surface area contributed by atoms with Gasteiger partial charge in [0.05, 0.1) is 27.1 Å². The fourth-order valence-corrected chi connectivity index (χ4v) is 15.9. The predicted molar refractivity (Wildman–Crippen MR) is 445 cm³/mol. The summed E-state index contributed by atoms with van der Waals surface area (Å²) in [7, 11) is 0. The average Bonchev–Trinajstić information content (AvgIpc) is 1.53. The average molecular weight is 1590 g/mol. The molecule has 7 unspecified atom stereocenters. The normalized spacial score (nSPS) is 22.7. The lowest BCUT2D eigenvalue weighted by Crippen LogP contribution is -2.48. The molecule has 8 rings (SSSR count). The van der Waals surface area contributed by atoms with Gasteiger partial charge in [0.25, 0.3) is 0 Å². The second-order valence-electron chi connectivity index (χ2n) is 34.7. The lowest BCUT2D eigenvalue weighted by atomic mass is 9.65. The quantitative estimate of drug-likeness (QED) is 0.0400. The van der Waals surface area contributed by atoms with Crippen LogP contribution < -0.4 is 0 Å². The third-order valence-electron chi connectivity index (χ3n) is 25.1. The second kappa shape index (κ2) is 52.4. The molecule has 8 aliphatic carbocycles. The van der Waals surface area contributed by atoms with Gasteiger partial charge in [0, 0.05) is 5.92 Å². The van der Waals surface area contributed by atoms with E-state index in [0.29, 0.717) is 38.0 Å². The smallest absolute Gasteiger partial charge is 0.344 e. The molecule has 0 heterocycles. The van der Waals surface area contributed by atoms with Crippen LogP contribution in [0.4, 0.5) is 0 Å². The molecule has 4 bridgehead atoms. The Labute approximate surface area is 682 Å². The van der Waals surface area contributed by atoms with E-state index in [1.165, 1.54) is 38.5 Å². The highest BCUT2D eigenvalue weighted by atomic mass is 16.6. The van der Waals surface area contributed by atoms with Crippen LogP contribution in [0.15, 0.2) is 0 Å². The summed E-state index contributed by atoms with van der Waals surface area (Å²) < 4.78 is 53.5. The Morgan fingerprint density at radius 3 is 0.804 bits per heavy atom. The van der Waals surface area contributed by atoms with Gasteiger partial charge in [0.15, 0.2) is 33.0 Å². The number of fused-ring (bicyclic) bond motifs is 9. The van der Waals surface area contributed by atoms with Crippen LogP contribution in [0.2, 0.25) is 0 Å². The van der Waals surface area contributed by atoms with Gasteiger partial charge < -0.3 is 47.4 Å². The molecule has 20 heteroatoms. The Morgan fingerprint density at radius 1 is 0.295 bits per heavy atom. The maximum atomic E-state index is 12.5. The maximum absolute atomic E-state index is 12.5. The van der Waals surface area contributed by atoms with Gasteiger partial charge in [-0.1, -0.05) is 137 Å². The van der Waals surface area contributed by atoms with Crippen LogP contribution >= 0.6 is 0 Å². The molecule has 20 nitrogen and oxygen atoms in total. The van der Waals surface area contributed by atoms with Gasteiger partial charge in [0.2, 0.25) is 0 Å². The van der Waals surface area contributed by atoms with E-state index in [9.17, 15) is 47.9 Å². The summed E-state index contributed by atoms with van der Waals surface area (Å²) in [6, 6.07) is 0. The highest BCUT2D eigenvalue weighted by Gasteiger charge is 2.68. The topological polar surface area (TPSA) is 263 Å². The van der Waals surface area contributed by atoms with E-state index in [4.69, 9.17) is 47.4 Å². The number of hydrogen-bond acceptors (Lipinski definition) is 20. The van der Waals surface area contributed by atoms with Crippen molar-refractivity contribution in [3.05, 3.63) is 0 Å². The van der Waals surface area contributed by atoms with Crippen molar-refractivity contribution in [2.24, 2.45) is 62.6 Å². The van der Waals surface area contributed by atoms with E-state index in [1.54, 1.807) is 13.8 Å². The van der Waals surface area contributed by atoms with Crippen molar-refractivity contribution in [1.82, 2.24) is 0 Å². The molecule has 0 saturated heterocycles. The van der Waals surface area contributed by atoms with Crippen molar-refractivity contribution in [2.75, 3.05) is 33.0 Å². The molecule has 0 aromatic heterocycles. The van der Waals surface area contributed by atoms with Crippen molar-refractivity contribution < 1.29 is 95.3 Å². The van der Waals surface area contributed by atoms with E-state index < -0.39 is 51.0 Å². The third-order valence-corrected chi connectivity index (χ3v) is 25.1. The Kier molecular flexibility index (Phi) is 50.9. The fourth-order valence-electron chi connectivity index (χ4n) is 15.9. The maximum Gasteiger partial charge on any atom is 0.344 e. The zero-order chi connectivity index (χ0) is 86.8. The zero-order valence-corrected chi connectivity index (χ0v) is 77.1. The van der Waals surface area contributed by atoms with Crippen LogP contribution in [-0.4, -0.2) is 121 Å². The van der Waals surface area contributed by atoms with Gasteiger partial charge >= 0.3 is 59.7 Å². The summed E-state index contributed by atoms with van der Waals surface area (Å²) in [5.41, 5.74) is -4.42. The minimum Gasteiger partial charge on any atom is -0.457 e. The first-order valence-corrected chi connectivity index (χ1v) is 44.5. The molecule has 0 amide bonds. The largest absolute Gasteiger partial charge is 0.457 e. The standard InChI is InChI=1S/C22H34O4.C16H28O4.2C15H26O4.C14H24O4.5C2H6/c1-5-21(3,4)20(24)25-12-17(23)26-22(6-2)11-15-10-16(22)19-14-8-7-13(9-14)18(15)19;1-5-15(3,4)14(18)19-12-13(17)20-16(6-2)10-8-7-9-11-16;1-5-14(2,3)13(17)18-11-12(16)19-15(4)9-7-6-8-10-15;1-5-14(3,4)13(17)18-11-12(16)19-15(6-2)9-7-8-10-15;1-5-13(2,3)12(16)17-10-11(15)18-14(4)8-6-7-9-14;5*1-2/h13-16,18-19H,5-12H2,1-4H3;5-12H2,1-4H3;2*5-11H2,1-4H3;5-10H2,1-4H3;5*1-2H3. The van der Waals surface area contributed by atoms with Crippen LogP contribution in [0.25, 0.3) is 0 Å². The number of hydrogen-bond donors (Lipinski definition) is 0. The summed E-state index contributed by atoms with van der Waals surface area (Å²) in [4.78, 5) is 119. The molecule has 0 aliphatic heterocycles. The Morgan fingerprint density at radius 2 is 0.536 bits per heavy atom. The first-order chi connectivity index (χ1) is 52.6. The summed E-state index contributed by atoms with van der Waals surface area (Å²) in [5, 5.41) is 0. The summed E-state index contributed by atoms with van der Waals surface area (Å²) in [6.45, 7) is 56.6. The molecule has 0 aromatic rings. The van der Waals surface area contributed by atoms with E-state index in [1.807, 2.05) is 187 Å². The summed E-state index contributed by atoms with van der Waals surface area (Å²) in [6.07, 6.45) is 30.9. The Bertz CT molecular complexity index is 2750. The number of rotatable bonds is 28. The second-order valence-corrected chi connectivity index (χ2v) is 34.7. The SMILES string of the molecule is CC.CC.CC.CC.CC.CCC(C)(C)C(=O)OCC(=O)OC1(C)CCCC1.CCC(C)(C)C(=O)OCC(=O)OC1(C)CCCCC1.CCC(C)(C)C(=O)OCC(=O)OC1(CC)CC2CC1C1C3CCC(C3)C21.CCC1(OC(=O)COC(=O)C(C)(C)CC)CCCC1.CCC1(OC(=O)COC(=O)C(C)(C)CC)CCCCC1. The number of carbonyl (C=O) groups excluding carboxylic acids is 10. The molecule has 0 spiro atoms. The van der Waals surface area contributed by atoms with Gasteiger partial charge in [-0.15, -0.1) is 0 Å². The minimum atomic E-state index is -0.550.